The Hall–Kier alpha value is -1.57. The van der Waals surface area contributed by atoms with E-state index in [0.717, 1.165) is 16.6 Å². The van der Waals surface area contributed by atoms with Gasteiger partial charge in [0.2, 0.25) is 0 Å². The van der Waals surface area contributed by atoms with Crippen LogP contribution in [0.4, 0.5) is 13.2 Å². The predicted octanol–water partition coefficient (Wildman–Crippen LogP) is 5.34. The van der Waals surface area contributed by atoms with Crippen molar-refractivity contribution in [1.29, 1.82) is 0 Å². The summed E-state index contributed by atoms with van der Waals surface area (Å²) in [7, 11) is 0. The van der Waals surface area contributed by atoms with Gasteiger partial charge >= 0.3 is 6.18 Å². The molecule has 0 bridgehead atoms. The fourth-order valence-corrected chi connectivity index (χ4v) is 3.31. The summed E-state index contributed by atoms with van der Waals surface area (Å²) in [6, 6.07) is 9.82. The Kier molecular flexibility index (Phi) is 5.60. The third kappa shape index (κ3) is 4.22. The fraction of sp³-hybridized carbons (Fsp3) is 0.278. The first-order valence-corrected chi connectivity index (χ1v) is 8.96. The van der Waals surface area contributed by atoms with Crippen molar-refractivity contribution in [2.45, 2.75) is 12.3 Å². The molecule has 0 spiro atoms. The molecule has 0 N–H and O–H groups in total. The first kappa shape index (κ1) is 19.2. The molecule has 1 atom stereocenters. The summed E-state index contributed by atoms with van der Waals surface area (Å²) in [5, 5.41) is 0.343. The Balaban J connectivity index is 1.77. The molecule has 0 aliphatic carbocycles. The van der Waals surface area contributed by atoms with E-state index in [1.54, 1.807) is 23.1 Å². The van der Waals surface area contributed by atoms with Gasteiger partial charge in [-0.1, -0.05) is 39.7 Å². The molecule has 2 aromatic rings. The minimum Gasteiger partial charge on any atom is -0.370 e. The van der Waals surface area contributed by atoms with Crippen molar-refractivity contribution in [3.8, 4) is 0 Å². The van der Waals surface area contributed by atoms with Crippen molar-refractivity contribution in [1.82, 2.24) is 4.90 Å². The maximum absolute atomic E-state index is 12.8. The maximum atomic E-state index is 12.8. The minimum absolute atomic E-state index is 0.239. The highest BCUT2D eigenvalue weighted by atomic mass is 79.9. The SMILES string of the molecule is O=C(c1cc(Br)ccc1Cl)N1CCO[C@H](c2ccc(C(F)(F)F)cc2)C1. The number of hydrogen-bond donors (Lipinski definition) is 0. The monoisotopic (exact) mass is 447 g/mol. The Morgan fingerprint density at radius 3 is 2.54 bits per heavy atom. The number of alkyl halides is 3. The normalized spacial score (nSPS) is 18.0. The van der Waals surface area contributed by atoms with Crippen molar-refractivity contribution < 1.29 is 22.7 Å². The van der Waals surface area contributed by atoms with Crippen molar-refractivity contribution in [3.63, 3.8) is 0 Å². The summed E-state index contributed by atoms with van der Waals surface area (Å²) < 4.78 is 44.4. The lowest BCUT2D eigenvalue weighted by Crippen LogP contribution is -2.42. The van der Waals surface area contributed by atoms with Crippen LogP contribution in [0.2, 0.25) is 5.02 Å². The number of rotatable bonds is 2. The molecule has 3 rings (SSSR count). The second kappa shape index (κ2) is 7.58. The summed E-state index contributed by atoms with van der Waals surface area (Å²) in [5.74, 6) is -0.239. The Morgan fingerprint density at radius 1 is 1.19 bits per heavy atom. The summed E-state index contributed by atoms with van der Waals surface area (Å²) in [5.41, 5.74) is 0.246. The van der Waals surface area contributed by atoms with Gasteiger partial charge in [-0.05, 0) is 35.9 Å². The molecular weight excluding hydrogens is 435 g/mol. The van der Waals surface area contributed by atoms with Gasteiger partial charge in [-0.3, -0.25) is 4.79 Å². The van der Waals surface area contributed by atoms with E-state index >= 15 is 0 Å². The van der Waals surface area contributed by atoms with Crippen LogP contribution in [0.15, 0.2) is 46.9 Å². The average molecular weight is 449 g/mol. The van der Waals surface area contributed by atoms with Crippen molar-refractivity contribution in [3.05, 3.63) is 68.7 Å². The second-order valence-electron chi connectivity index (χ2n) is 5.85. The molecule has 8 heteroatoms. The van der Waals surface area contributed by atoms with Crippen LogP contribution in [0.5, 0.6) is 0 Å². The molecule has 1 fully saturated rings. The van der Waals surface area contributed by atoms with E-state index in [1.165, 1.54) is 12.1 Å². The molecule has 26 heavy (non-hydrogen) atoms. The second-order valence-corrected chi connectivity index (χ2v) is 7.18. The number of halogens is 5. The van der Waals surface area contributed by atoms with Gasteiger partial charge in [0.1, 0.15) is 6.10 Å². The molecule has 138 valence electrons. The molecule has 3 nitrogen and oxygen atoms in total. The number of benzene rings is 2. The van der Waals surface area contributed by atoms with Crippen LogP contribution < -0.4 is 0 Å². The summed E-state index contributed by atoms with van der Waals surface area (Å²) in [6.07, 6.45) is -4.87. The Bertz CT molecular complexity index is 811. The molecule has 0 unspecified atom stereocenters. The molecule has 1 saturated heterocycles. The highest BCUT2D eigenvalue weighted by Gasteiger charge is 2.31. The molecule has 1 heterocycles. The van der Waals surface area contributed by atoms with E-state index in [9.17, 15) is 18.0 Å². The number of nitrogens with zero attached hydrogens (tertiary/aromatic N) is 1. The molecule has 1 amide bonds. The first-order valence-electron chi connectivity index (χ1n) is 7.79. The van der Waals surface area contributed by atoms with Crippen molar-refractivity contribution in [2.24, 2.45) is 0 Å². The van der Waals surface area contributed by atoms with Crippen molar-refractivity contribution in [2.75, 3.05) is 19.7 Å². The smallest absolute Gasteiger partial charge is 0.370 e. The van der Waals surface area contributed by atoms with E-state index in [4.69, 9.17) is 16.3 Å². The predicted molar refractivity (Wildman–Crippen MR) is 95.2 cm³/mol. The topological polar surface area (TPSA) is 29.5 Å². The van der Waals surface area contributed by atoms with Crippen LogP contribution in [0.1, 0.15) is 27.6 Å². The van der Waals surface area contributed by atoms with Gasteiger partial charge in [0.25, 0.3) is 5.91 Å². The van der Waals surface area contributed by atoms with Gasteiger partial charge < -0.3 is 9.64 Å². The van der Waals surface area contributed by atoms with Gasteiger partial charge in [-0.25, -0.2) is 0 Å². The summed E-state index contributed by atoms with van der Waals surface area (Å²) in [4.78, 5) is 14.3. The van der Waals surface area contributed by atoms with Gasteiger partial charge in [-0.2, -0.15) is 13.2 Å². The quantitative estimate of drug-likeness (QED) is 0.621. The Morgan fingerprint density at radius 2 is 1.88 bits per heavy atom. The maximum Gasteiger partial charge on any atom is 0.416 e. The average Bonchev–Trinajstić information content (AvgIpc) is 2.62. The Labute approximate surface area is 161 Å². The lowest BCUT2D eigenvalue weighted by Gasteiger charge is -2.33. The van der Waals surface area contributed by atoms with Crippen LogP contribution in [-0.4, -0.2) is 30.5 Å². The number of carbonyl (C=O) groups excluding carboxylic acids is 1. The van der Waals surface area contributed by atoms with E-state index in [1.807, 2.05) is 0 Å². The van der Waals surface area contributed by atoms with E-state index in [2.05, 4.69) is 15.9 Å². The van der Waals surface area contributed by atoms with E-state index in [-0.39, 0.29) is 12.5 Å². The summed E-state index contributed by atoms with van der Waals surface area (Å²) in [6.45, 7) is 0.925. The van der Waals surface area contributed by atoms with Gasteiger partial charge in [0, 0.05) is 11.0 Å². The highest BCUT2D eigenvalue weighted by molar-refractivity contribution is 9.10. The van der Waals surface area contributed by atoms with Crippen LogP contribution >= 0.6 is 27.5 Å². The van der Waals surface area contributed by atoms with E-state index in [0.29, 0.717) is 29.3 Å². The third-order valence-electron chi connectivity index (χ3n) is 4.12. The number of morpholine rings is 1. The number of carbonyl (C=O) groups is 1. The zero-order valence-corrected chi connectivity index (χ0v) is 15.7. The minimum atomic E-state index is -4.38. The molecule has 1 aliphatic rings. The van der Waals surface area contributed by atoms with Crippen LogP contribution in [0, 0.1) is 0 Å². The number of ether oxygens (including phenoxy) is 1. The fourth-order valence-electron chi connectivity index (χ4n) is 2.75. The molecule has 1 aliphatic heterocycles. The van der Waals surface area contributed by atoms with Gasteiger partial charge in [0.15, 0.2) is 0 Å². The zero-order chi connectivity index (χ0) is 18.9. The largest absolute Gasteiger partial charge is 0.416 e. The van der Waals surface area contributed by atoms with Crippen molar-refractivity contribution >= 4 is 33.4 Å². The van der Waals surface area contributed by atoms with Gasteiger partial charge in [-0.15, -0.1) is 0 Å². The van der Waals surface area contributed by atoms with Gasteiger partial charge in [0.05, 0.1) is 29.3 Å². The molecule has 0 saturated carbocycles. The van der Waals surface area contributed by atoms with E-state index < -0.39 is 17.8 Å². The number of hydrogen-bond acceptors (Lipinski definition) is 2. The van der Waals surface area contributed by atoms with Crippen LogP contribution in [-0.2, 0) is 10.9 Å². The highest BCUT2D eigenvalue weighted by Crippen LogP contribution is 2.31. The first-order chi connectivity index (χ1) is 12.3. The number of amides is 1. The third-order valence-corrected chi connectivity index (χ3v) is 4.95. The van der Waals surface area contributed by atoms with Crippen LogP contribution in [0.25, 0.3) is 0 Å². The van der Waals surface area contributed by atoms with Crippen LogP contribution in [0.3, 0.4) is 0 Å². The summed E-state index contributed by atoms with van der Waals surface area (Å²) >= 11 is 9.43. The molecule has 0 radical (unpaired) electrons. The lowest BCUT2D eigenvalue weighted by molar-refractivity contribution is -0.137. The molecule has 2 aromatic carbocycles. The lowest BCUT2D eigenvalue weighted by atomic mass is 10.0. The standard InChI is InChI=1S/C18H14BrClF3NO2/c19-13-5-6-15(20)14(9-13)17(25)24-7-8-26-16(10-24)11-1-3-12(4-2-11)18(21,22)23/h1-6,9,16H,7-8,10H2/t16-/m0/s1. The molecule has 0 aromatic heterocycles. The zero-order valence-electron chi connectivity index (χ0n) is 13.4. The molecular formula is C18H14BrClF3NO2.